The lowest BCUT2D eigenvalue weighted by atomic mass is 9.87. The number of nitrogens with two attached hydrogens (primary N) is 1. The van der Waals surface area contributed by atoms with Gasteiger partial charge in [0, 0.05) is 6.42 Å². The Hall–Kier alpha value is -0.640. The van der Waals surface area contributed by atoms with Gasteiger partial charge in [-0.05, 0) is 48.5 Å². The minimum Gasteiger partial charge on any atom is -0.367 e. The maximum absolute atomic E-state index is 5.52. The van der Waals surface area contributed by atoms with Gasteiger partial charge in [0.15, 0.2) is 0 Å². The number of hydrogen-bond acceptors (Lipinski definition) is 4. The van der Waals surface area contributed by atoms with Crippen molar-refractivity contribution in [2.45, 2.75) is 32.1 Å². The summed E-state index contributed by atoms with van der Waals surface area (Å²) in [5, 5.41) is 1.14. The molecule has 2 aliphatic rings. The largest absolute Gasteiger partial charge is 0.367 e. The molecule has 0 amide bonds. The second-order valence-electron chi connectivity index (χ2n) is 4.69. The molecule has 2 aliphatic carbocycles. The molecule has 1 aromatic rings. The van der Waals surface area contributed by atoms with Gasteiger partial charge < -0.3 is 5.73 Å². The standard InChI is InChI=1S/C10H15N3S/c11-10-12-9(14-13-10)5-8-4-6-1-2-7(8)3-6/h6-8H,1-5H2,(H2,11,13). The lowest BCUT2D eigenvalue weighted by Crippen LogP contribution is -2.12. The third-order valence-corrected chi connectivity index (χ3v) is 4.55. The molecule has 0 spiro atoms. The topological polar surface area (TPSA) is 51.8 Å². The van der Waals surface area contributed by atoms with Crippen LogP contribution >= 0.6 is 11.5 Å². The second-order valence-corrected chi connectivity index (χ2v) is 5.52. The summed E-state index contributed by atoms with van der Waals surface area (Å²) in [6, 6.07) is 0. The van der Waals surface area contributed by atoms with E-state index in [-0.39, 0.29) is 0 Å². The van der Waals surface area contributed by atoms with Crippen LogP contribution in [-0.2, 0) is 6.42 Å². The van der Waals surface area contributed by atoms with Crippen molar-refractivity contribution >= 4 is 17.5 Å². The Morgan fingerprint density at radius 1 is 1.36 bits per heavy atom. The van der Waals surface area contributed by atoms with E-state index in [1.807, 2.05) is 0 Å². The molecule has 2 saturated carbocycles. The van der Waals surface area contributed by atoms with Crippen LogP contribution in [0.3, 0.4) is 0 Å². The van der Waals surface area contributed by atoms with Crippen LogP contribution in [0.5, 0.6) is 0 Å². The van der Waals surface area contributed by atoms with E-state index in [9.17, 15) is 0 Å². The number of hydrogen-bond donors (Lipinski definition) is 1. The molecule has 2 bridgehead atoms. The summed E-state index contributed by atoms with van der Waals surface area (Å²) in [4.78, 5) is 4.24. The quantitative estimate of drug-likeness (QED) is 0.811. The summed E-state index contributed by atoms with van der Waals surface area (Å²) in [6.45, 7) is 0. The fourth-order valence-corrected chi connectivity index (χ4v) is 3.86. The molecule has 3 nitrogen and oxygen atoms in total. The predicted molar refractivity (Wildman–Crippen MR) is 57.0 cm³/mol. The molecule has 0 aliphatic heterocycles. The number of fused-ring (bicyclic) bond motifs is 2. The fraction of sp³-hybridized carbons (Fsp3) is 0.800. The van der Waals surface area contributed by atoms with Crippen molar-refractivity contribution in [2.75, 3.05) is 5.73 Å². The van der Waals surface area contributed by atoms with Crippen LogP contribution in [0.2, 0.25) is 0 Å². The molecule has 1 aromatic heterocycles. The Morgan fingerprint density at radius 3 is 2.86 bits per heavy atom. The monoisotopic (exact) mass is 209 g/mol. The molecule has 2 fully saturated rings. The van der Waals surface area contributed by atoms with Gasteiger partial charge in [0.1, 0.15) is 5.01 Å². The molecular formula is C10H15N3S. The minimum atomic E-state index is 0.452. The summed E-state index contributed by atoms with van der Waals surface area (Å²) in [5.74, 6) is 3.33. The lowest BCUT2D eigenvalue weighted by molar-refractivity contribution is 0.331. The average molecular weight is 209 g/mol. The van der Waals surface area contributed by atoms with Gasteiger partial charge in [-0.25, -0.2) is 4.98 Å². The van der Waals surface area contributed by atoms with E-state index >= 15 is 0 Å². The van der Waals surface area contributed by atoms with Crippen molar-refractivity contribution < 1.29 is 0 Å². The number of anilines is 1. The van der Waals surface area contributed by atoms with E-state index in [0.717, 1.165) is 29.2 Å². The first-order valence-corrected chi connectivity index (χ1v) is 6.16. The normalized spacial score (nSPS) is 35.3. The predicted octanol–water partition coefficient (Wildman–Crippen LogP) is 2.10. The Morgan fingerprint density at radius 2 is 2.29 bits per heavy atom. The first kappa shape index (κ1) is 8.65. The maximum Gasteiger partial charge on any atom is 0.232 e. The van der Waals surface area contributed by atoms with Gasteiger partial charge >= 0.3 is 0 Å². The lowest BCUT2D eigenvalue weighted by Gasteiger charge is -2.19. The highest BCUT2D eigenvalue weighted by atomic mass is 32.1. The fourth-order valence-electron chi connectivity index (χ4n) is 3.20. The molecule has 2 N–H and O–H groups in total. The van der Waals surface area contributed by atoms with E-state index in [2.05, 4.69) is 9.36 Å². The Kier molecular flexibility index (Phi) is 1.97. The van der Waals surface area contributed by atoms with Crippen molar-refractivity contribution in [3.63, 3.8) is 0 Å². The van der Waals surface area contributed by atoms with Crippen molar-refractivity contribution in [3.8, 4) is 0 Å². The maximum atomic E-state index is 5.52. The molecule has 1 heterocycles. The molecular weight excluding hydrogens is 194 g/mol. The summed E-state index contributed by atoms with van der Waals surface area (Å²) < 4.78 is 4.03. The zero-order valence-electron chi connectivity index (χ0n) is 8.15. The van der Waals surface area contributed by atoms with Crippen LogP contribution in [0.25, 0.3) is 0 Å². The first-order chi connectivity index (χ1) is 6.81. The molecule has 3 rings (SSSR count). The van der Waals surface area contributed by atoms with Gasteiger partial charge in [-0.1, -0.05) is 6.42 Å². The molecule has 76 valence electrons. The van der Waals surface area contributed by atoms with Gasteiger partial charge in [-0.15, -0.1) is 0 Å². The van der Waals surface area contributed by atoms with Gasteiger partial charge in [0.2, 0.25) is 5.95 Å². The van der Waals surface area contributed by atoms with E-state index in [1.165, 1.54) is 37.2 Å². The van der Waals surface area contributed by atoms with E-state index in [0.29, 0.717) is 5.95 Å². The van der Waals surface area contributed by atoms with E-state index < -0.39 is 0 Å². The molecule has 0 saturated heterocycles. The van der Waals surface area contributed by atoms with Gasteiger partial charge in [0.05, 0.1) is 0 Å². The molecule has 0 radical (unpaired) electrons. The molecule has 3 unspecified atom stereocenters. The summed E-state index contributed by atoms with van der Waals surface area (Å²) in [6.07, 6.45) is 6.93. The van der Waals surface area contributed by atoms with Crippen LogP contribution in [0.15, 0.2) is 0 Å². The average Bonchev–Trinajstić information content (AvgIpc) is 2.82. The third kappa shape index (κ3) is 1.41. The molecule has 3 atom stereocenters. The van der Waals surface area contributed by atoms with Crippen molar-refractivity contribution in [1.82, 2.24) is 9.36 Å². The highest BCUT2D eigenvalue weighted by Gasteiger charge is 2.39. The Bertz CT molecular complexity index is 336. The van der Waals surface area contributed by atoms with Crippen molar-refractivity contribution in [3.05, 3.63) is 5.01 Å². The summed E-state index contributed by atoms with van der Waals surface area (Å²) in [5.41, 5.74) is 5.52. The SMILES string of the molecule is Nc1nsc(CC2CC3CCC2C3)n1. The van der Waals surface area contributed by atoms with Crippen LogP contribution < -0.4 is 5.73 Å². The highest BCUT2D eigenvalue weighted by molar-refractivity contribution is 7.05. The van der Waals surface area contributed by atoms with Gasteiger partial charge in [0.25, 0.3) is 0 Å². The Labute approximate surface area is 87.9 Å². The first-order valence-electron chi connectivity index (χ1n) is 5.39. The summed E-state index contributed by atoms with van der Waals surface area (Å²) in [7, 11) is 0. The molecule has 0 aromatic carbocycles. The van der Waals surface area contributed by atoms with Crippen LogP contribution in [0.1, 0.15) is 30.7 Å². The van der Waals surface area contributed by atoms with E-state index in [1.54, 1.807) is 0 Å². The van der Waals surface area contributed by atoms with Crippen molar-refractivity contribution in [1.29, 1.82) is 0 Å². The number of rotatable bonds is 2. The smallest absolute Gasteiger partial charge is 0.232 e. The zero-order valence-corrected chi connectivity index (χ0v) is 8.96. The minimum absolute atomic E-state index is 0.452. The number of aromatic nitrogens is 2. The molecule has 14 heavy (non-hydrogen) atoms. The Balaban J connectivity index is 1.68. The molecule has 4 heteroatoms. The third-order valence-electron chi connectivity index (χ3n) is 3.81. The van der Waals surface area contributed by atoms with Gasteiger partial charge in [-0.3, -0.25) is 0 Å². The highest BCUT2D eigenvalue weighted by Crippen LogP contribution is 2.49. The number of nitrogen functional groups attached to an aromatic ring is 1. The zero-order chi connectivity index (χ0) is 9.54. The van der Waals surface area contributed by atoms with Crippen molar-refractivity contribution in [2.24, 2.45) is 17.8 Å². The second kappa shape index (κ2) is 3.19. The van der Waals surface area contributed by atoms with E-state index in [4.69, 9.17) is 5.73 Å². The van der Waals surface area contributed by atoms with Crippen LogP contribution in [0.4, 0.5) is 5.95 Å². The van der Waals surface area contributed by atoms with Gasteiger partial charge in [-0.2, -0.15) is 4.37 Å². The van der Waals surface area contributed by atoms with Crippen LogP contribution in [-0.4, -0.2) is 9.36 Å². The summed E-state index contributed by atoms with van der Waals surface area (Å²) >= 11 is 1.48. The van der Waals surface area contributed by atoms with Crippen LogP contribution in [0, 0.1) is 17.8 Å². The number of nitrogens with zero attached hydrogens (tertiary/aromatic N) is 2.